The summed E-state index contributed by atoms with van der Waals surface area (Å²) in [5.41, 5.74) is 0.852. The van der Waals surface area contributed by atoms with E-state index in [0.29, 0.717) is 25.3 Å². The van der Waals surface area contributed by atoms with Crippen molar-refractivity contribution in [1.82, 2.24) is 40.4 Å². The van der Waals surface area contributed by atoms with E-state index in [-0.39, 0.29) is 94.9 Å². The van der Waals surface area contributed by atoms with E-state index in [0.717, 1.165) is 16.9 Å². The van der Waals surface area contributed by atoms with E-state index < -0.39 is 65.9 Å². The van der Waals surface area contributed by atoms with Crippen LogP contribution >= 0.6 is 0 Å². The van der Waals surface area contributed by atoms with Gasteiger partial charge in [0.25, 0.3) is 11.8 Å². The highest BCUT2D eigenvalue weighted by molar-refractivity contribution is 6.13. The molecular weight excluding hydrogens is 915 g/mol. The molecule has 20 heteroatoms. The fourth-order valence-electron chi connectivity index (χ4n) is 9.03. The predicted octanol–water partition coefficient (Wildman–Crippen LogP) is 1.72. The van der Waals surface area contributed by atoms with E-state index in [9.17, 15) is 33.6 Å². The van der Waals surface area contributed by atoms with Gasteiger partial charge in [-0.05, 0) is 30.2 Å². The van der Waals surface area contributed by atoms with E-state index in [1.807, 2.05) is 82.2 Å². The molecule has 0 aliphatic carbocycles. The number of rotatable bonds is 30. The van der Waals surface area contributed by atoms with E-state index in [2.05, 4.69) is 29.8 Å². The molecule has 3 rings (SSSR count). The van der Waals surface area contributed by atoms with Crippen molar-refractivity contribution in [1.29, 1.82) is 0 Å². The van der Waals surface area contributed by atoms with Gasteiger partial charge in [0, 0.05) is 101 Å². The first-order valence-electron chi connectivity index (χ1n) is 24.9. The van der Waals surface area contributed by atoms with Gasteiger partial charge in [-0.2, -0.15) is 0 Å². The Morgan fingerprint density at radius 2 is 1.42 bits per heavy atom. The van der Waals surface area contributed by atoms with Gasteiger partial charge in [-0.15, -0.1) is 0 Å². The molecule has 398 valence electrons. The maximum Gasteiger partial charge on any atom is 0.253 e. The molecule has 0 unspecified atom stereocenters. The second kappa shape index (κ2) is 30.4. The van der Waals surface area contributed by atoms with E-state index in [4.69, 9.17) is 23.9 Å². The first kappa shape index (κ1) is 59.9. The minimum Gasteiger partial charge on any atom is -0.379 e. The maximum atomic E-state index is 14.4. The molecule has 7 amide bonds. The van der Waals surface area contributed by atoms with E-state index >= 15 is 0 Å². The Kier molecular flexibility index (Phi) is 25.7. The quantitative estimate of drug-likeness (QED) is 0.0433. The van der Waals surface area contributed by atoms with Gasteiger partial charge in [-0.25, -0.2) is 4.99 Å². The van der Waals surface area contributed by atoms with E-state index in [1.54, 1.807) is 30.9 Å². The van der Waals surface area contributed by atoms with Crippen molar-refractivity contribution in [2.24, 2.45) is 22.7 Å². The summed E-state index contributed by atoms with van der Waals surface area (Å²) in [4.78, 5) is 105. The largest absolute Gasteiger partial charge is 0.379 e. The van der Waals surface area contributed by atoms with Gasteiger partial charge in [-0.3, -0.25) is 38.5 Å². The zero-order chi connectivity index (χ0) is 52.8. The average molecular weight is 998 g/mol. The van der Waals surface area contributed by atoms with Crippen molar-refractivity contribution in [2.45, 2.75) is 110 Å². The summed E-state index contributed by atoms with van der Waals surface area (Å²) in [5, 5.41) is 8.52. The number of likely N-dealkylation sites (N-methyl/N-ethyl adjacent to an activating group) is 1. The lowest BCUT2D eigenvalue weighted by Gasteiger charge is -2.40. The minimum atomic E-state index is -0.921. The molecule has 71 heavy (non-hydrogen) atoms. The van der Waals surface area contributed by atoms with Crippen LogP contribution in [0.3, 0.4) is 0 Å². The van der Waals surface area contributed by atoms with Crippen molar-refractivity contribution < 1.29 is 52.5 Å². The molecule has 1 aromatic rings. The van der Waals surface area contributed by atoms with Gasteiger partial charge in [0.1, 0.15) is 12.1 Å². The molecule has 1 fully saturated rings. The lowest BCUT2D eigenvalue weighted by Crippen LogP contribution is -2.55. The highest BCUT2D eigenvalue weighted by Gasteiger charge is 2.43. The Bertz CT molecular complexity index is 1920. The number of likely N-dealkylation sites (tertiary alicyclic amines) is 1. The van der Waals surface area contributed by atoms with Gasteiger partial charge < -0.3 is 54.5 Å². The van der Waals surface area contributed by atoms with E-state index in [1.165, 1.54) is 19.3 Å². The molecule has 0 radical (unpaired) electrons. The molecule has 20 nitrogen and oxygen atoms in total. The van der Waals surface area contributed by atoms with Gasteiger partial charge in [0.15, 0.2) is 5.96 Å². The number of carbonyl (C=O) groups excluding carboxylic acids is 7. The van der Waals surface area contributed by atoms with Crippen LogP contribution < -0.4 is 16.0 Å². The van der Waals surface area contributed by atoms with Gasteiger partial charge in [0.05, 0.1) is 63.1 Å². The Hall–Kier alpha value is -5.44. The second-order valence-electron chi connectivity index (χ2n) is 19.0. The molecule has 1 saturated heterocycles. The molecule has 2 aliphatic rings. The molecular formula is C51H83N9O11. The predicted molar refractivity (Wildman–Crippen MR) is 270 cm³/mol. The second-order valence-corrected chi connectivity index (χ2v) is 19.0. The molecule has 2 aliphatic heterocycles. The number of carbonyl (C=O) groups is 7. The molecule has 8 atom stereocenters. The Labute approximate surface area is 421 Å². The SMILES string of the molecule is CC[C@H](C)[C@@H]([C@H](CC(=O)N1CCC[C@H]1[C@H](OC)[C@@H](C)C(=O)N[C@@H](Cc1ccccc1)C(=O)NCCOCCOCCNC(=O)CCN1C(=O)C=CC1=O)OC)N(C)C(=O)[C@@H](N=C(N(C)C)N(C)C)C(C)C. The first-order valence-corrected chi connectivity index (χ1v) is 24.9. The lowest BCUT2D eigenvalue weighted by molar-refractivity contribution is -0.146. The van der Waals surface area contributed by atoms with Gasteiger partial charge in [0.2, 0.25) is 29.5 Å². The molecule has 1 aromatic carbocycles. The third-order valence-electron chi connectivity index (χ3n) is 13.1. The van der Waals surface area contributed by atoms with Crippen LogP contribution in [0.2, 0.25) is 0 Å². The zero-order valence-electron chi connectivity index (χ0n) is 44.3. The fourth-order valence-corrected chi connectivity index (χ4v) is 9.03. The summed E-state index contributed by atoms with van der Waals surface area (Å²) in [6.45, 7) is 11.6. The first-order chi connectivity index (χ1) is 33.8. The number of guanidine groups is 1. The van der Waals surface area contributed by atoms with Crippen LogP contribution in [0, 0.1) is 17.8 Å². The highest BCUT2D eigenvalue weighted by Crippen LogP contribution is 2.30. The number of amides is 7. The minimum absolute atomic E-state index is 0.00597. The molecule has 0 spiro atoms. The fraction of sp³-hybridized carbons (Fsp3) is 0.686. The Morgan fingerprint density at radius 1 is 0.817 bits per heavy atom. The Morgan fingerprint density at radius 3 is 1.97 bits per heavy atom. The molecule has 0 bridgehead atoms. The van der Waals surface area contributed by atoms with Crippen molar-refractivity contribution >= 4 is 47.3 Å². The number of aliphatic imine (C=N–C) groups is 1. The molecule has 0 saturated carbocycles. The highest BCUT2D eigenvalue weighted by atomic mass is 16.5. The van der Waals surface area contributed by atoms with Crippen molar-refractivity contribution in [3.63, 3.8) is 0 Å². The number of methoxy groups -OCH3 is 2. The number of nitrogens with one attached hydrogen (secondary N) is 3. The molecule has 0 aromatic heterocycles. The van der Waals surface area contributed by atoms with Crippen molar-refractivity contribution in [3.8, 4) is 0 Å². The monoisotopic (exact) mass is 998 g/mol. The van der Waals surface area contributed by atoms with Crippen LogP contribution in [0.25, 0.3) is 0 Å². The number of ether oxygens (including phenoxy) is 4. The van der Waals surface area contributed by atoms with Crippen LogP contribution in [-0.4, -0.2) is 210 Å². The summed E-state index contributed by atoms with van der Waals surface area (Å²) in [6, 6.07) is 6.94. The number of imide groups is 1. The normalized spacial score (nSPS) is 17.5. The summed E-state index contributed by atoms with van der Waals surface area (Å²) in [6.07, 6.45) is 3.33. The van der Waals surface area contributed by atoms with Gasteiger partial charge >= 0.3 is 0 Å². The van der Waals surface area contributed by atoms with Crippen LogP contribution in [0.1, 0.15) is 72.3 Å². The third-order valence-corrected chi connectivity index (χ3v) is 13.1. The van der Waals surface area contributed by atoms with Gasteiger partial charge in [-0.1, -0.05) is 71.4 Å². The topological polar surface area (TPSA) is 221 Å². The lowest BCUT2D eigenvalue weighted by atomic mass is 9.89. The standard InChI is InChI=1S/C51H83N9O11/c1-13-35(4)46(58(10)50(67)45(34(2)3)55-51(56(6)7)57(8)9)40(68-11)33-44(64)59-26-17-20-39(59)47(69-12)36(5)48(65)54-38(32-37-18-15-14-16-19-37)49(66)53-25-29-71-31-30-70-28-24-52-41(61)23-27-60-42(62)21-22-43(60)63/h14-16,18-19,21-22,34-36,38-40,45-47H,13,17,20,23-33H2,1-12H3,(H,52,61)(H,53,66)(H,54,65)/t35-,36+,38-,39-,40-,45-,46-,47+/m0/s1. The van der Waals surface area contributed by atoms with Crippen LogP contribution in [0.5, 0.6) is 0 Å². The summed E-state index contributed by atoms with van der Waals surface area (Å²) >= 11 is 0. The van der Waals surface area contributed by atoms with Crippen molar-refractivity contribution in [3.05, 3.63) is 48.0 Å². The van der Waals surface area contributed by atoms with Crippen LogP contribution in [-0.2, 0) is 58.9 Å². The molecule has 2 heterocycles. The van der Waals surface area contributed by atoms with Crippen LogP contribution in [0.4, 0.5) is 0 Å². The molecule has 3 N–H and O–H groups in total. The van der Waals surface area contributed by atoms with Crippen LogP contribution in [0.15, 0.2) is 47.5 Å². The number of hydrogen-bond acceptors (Lipinski definition) is 12. The summed E-state index contributed by atoms with van der Waals surface area (Å²) in [7, 11) is 12.4. The smallest absolute Gasteiger partial charge is 0.253 e. The Balaban J connectivity index is 1.60. The summed E-state index contributed by atoms with van der Waals surface area (Å²) in [5.74, 6) is -2.47. The number of benzene rings is 1. The summed E-state index contributed by atoms with van der Waals surface area (Å²) < 4.78 is 23.3. The zero-order valence-corrected chi connectivity index (χ0v) is 44.3. The maximum absolute atomic E-state index is 14.4. The van der Waals surface area contributed by atoms with Crippen molar-refractivity contribution in [2.75, 3.05) is 102 Å². The average Bonchev–Trinajstić information content (AvgIpc) is 3.95. The number of nitrogens with zero attached hydrogens (tertiary/aromatic N) is 6. The third kappa shape index (κ3) is 18.3. The number of hydrogen-bond donors (Lipinski definition) is 3.